The highest BCUT2D eigenvalue weighted by molar-refractivity contribution is 6.33. The van der Waals surface area contributed by atoms with Crippen LogP contribution in [0.4, 0.5) is 4.39 Å². The number of aliphatic hydroxyl groups excluding tert-OH is 1. The number of nitrogens with zero attached hydrogens (tertiary/aromatic N) is 27. The molecule has 13 aromatic carbocycles. The number of carboxylic acid groups (broad SMARTS) is 1. The van der Waals surface area contributed by atoms with E-state index in [-0.39, 0.29) is 29.6 Å². The van der Waals surface area contributed by atoms with E-state index in [0.717, 1.165) is 95.3 Å². The summed E-state index contributed by atoms with van der Waals surface area (Å²) in [5, 5.41) is 151. The number of para-hydroxylation sites is 1. The number of benzene rings is 13. The summed E-state index contributed by atoms with van der Waals surface area (Å²) < 4.78 is 13.0. The zero-order valence-corrected chi connectivity index (χ0v) is 72.9. The number of hydrogen-bond donors (Lipinski definition) is 12. The van der Waals surface area contributed by atoms with E-state index in [4.69, 9.17) is 33.4 Å². The van der Waals surface area contributed by atoms with E-state index in [9.17, 15) is 19.1 Å². The van der Waals surface area contributed by atoms with Gasteiger partial charge in [0.1, 0.15) is 17.9 Å². The monoisotopic (exact) mass is 1860 g/mol. The Hall–Kier alpha value is -19.4. The minimum absolute atomic E-state index is 0.0484. The molecule has 0 saturated heterocycles. The first-order valence-electron chi connectivity index (χ1n) is 40.7. The first kappa shape index (κ1) is 93.8. The van der Waals surface area contributed by atoms with Crippen molar-refractivity contribution >= 4 is 47.6 Å². The number of carbonyl (C=O) groups excluding carboxylic acids is 1. The van der Waals surface area contributed by atoms with Crippen molar-refractivity contribution in [3.63, 3.8) is 0 Å². The zero-order valence-electron chi connectivity index (χ0n) is 71.4. The first-order chi connectivity index (χ1) is 67.3. The Morgan fingerprint density at radius 1 is 0.307 bits per heavy atom. The fraction of sp³-hybridized carbons (Fsp3) is 0.0215. The van der Waals surface area contributed by atoms with Crippen molar-refractivity contribution in [1.82, 2.24) is 186 Å². The van der Waals surface area contributed by atoms with Gasteiger partial charge in [-0.2, -0.15) is 46.9 Å². The molecule has 0 aliphatic heterocycles. The lowest BCUT2D eigenvalue weighted by atomic mass is 9.98. The predicted octanol–water partition coefficient (Wildman–Crippen LogP) is 15.4. The van der Waals surface area contributed by atoms with Gasteiger partial charge in [-0.15, -0.1) is 91.8 Å². The van der Waals surface area contributed by atoms with Crippen LogP contribution in [0.25, 0.3) is 148 Å². The first-order valence-corrected chi connectivity index (χ1v) is 41.5. The number of aryl methyl sites for hydroxylation is 1. The molecular weight excluding hydrogens is 1790 g/mol. The maximum Gasteiger partial charge on any atom is 0.335 e. The van der Waals surface area contributed by atoms with Crippen molar-refractivity contribution in [2.24, 2.45) is 0 Å². The van der Waals surface area contributed by atoms with Crippen LogP contribution in [0, 0.1) is 12.7 Å². The number of carboxylic acids is 1. The van der Waals surface area contributed by atoms with Crippen LogP contribution in [0.5, 0.6) is 5.75 Å². The number of H-pyrrole nitrogens is 9. The van der Waals surface area contributed by atoms with Gasteiger partial charge in [0.05, 0.1) is 28.3 Å². The number of aromatic carboxylic acids is 1. The van der Waals surface area contributed by atoms with Crippen LogP contribution in [-0.2, 0) is 6.61 Å². The predicted molar refractivity (Wildman–Crippen MR) is 503 cm³/mol. The van der Waals surface area contributed by atoms with Gasteiger partial charge in [-0.3, -0.25) is 4.79 Å². The molecule has 44 heteroatoms. The number of carbonyl (C=O) groups is 2. The van der Waals surface area contributed by atoms with E-state index in [0.29, 0.717) is 73.3 Å². The van der Waals surface area contributed by atoms with Crippen molar-refractivity contribution in [3.8, 4) is 141 Å². The number of aldehydes is 1. The van der Waals surface area contributed by atoms with Crippen LogP contribution in [0.1, 0.15) is 43.2 Å². The summed E-state index contributed by atoms with van der Waals surface area (Å²) in [6.07, 6.45) is 4.57. The summed E-state index contributed by atoms with van der Waals surface area (Å²) in [6.45, 7) is 2.13. The molecule has 0 fully saturated rings. The number of aliphatic hydroxyl groups is 1. The van der Waals surface area contributed by atoms with Crippen molar-refractivity contribution < 1.29 is 29.3 Å². The fourth-order valence-corrected chi connectivity index (χ4v) is 12.9. The van der Waals surface area contributed by atoms with Crippen molar-refractivity contribution in [2.75, 3.05) is 0 Å². The molecule has 9 aromatic heterocycles. The molecule has 0 saturated carbocycles. The molecule has 0 spiro atoms. The van der Waals surface area contributed by atoms with Gasteiger partial charge in [-0.1, -0.05) is 284 Å². The summed E-state index contributed by atoms with van der Waals surface area (Å²) in [6, 6.07) is 99.3. The molecule has 9 heterocycles. The summed E-state index contributed by atoms with van der Waals surface area (Å²) >= 11 is 11.6. The molecule has 0 radical (unpaired) electrons. The third-order valence-electron chi connectivity index (χ3n) is 19.1. The quantitative estimate of drug-likeness (QED) is 0.0377. The highest BCUT2D eigenvalue weighted by Crippen LogP contribution is 2.35. The van der Waals surface area contributed by atoms with Crippen LogP contribution >= 0.6 is 23.2 Å². The molecule has 12 N–H and O–H groups in total. The van der Waals surface area contributed by atoms with Gasteiger partial charge in [0.25, 0.3) is 0 Å². The minimum atomic E-state index is -0.942. The maximum atomic E-state index is 13.0. The summed E-state index contributed by atoms with van der Waals surface area (Å²) in [5.41, 5.74) is 18.6. The molecule has 22 rings (SSSR count). The number of aromatic hydroxyl groups is 1. The van der Waals surface area contributed by atoms with Crippen LogP contribution in [0.3, 0.4) is 0 Å². The summed E-state index contributed by atoms with van der Waals surface area (Å²) in [5.74, 6) is 3.45. The average Bonchev–Trinajstić information content (AvgIpc) is 1.81. The highest BCUT2D eigenvalue weighted by atomic mass is 35.5. The molecule has 22 aromatic rings. The number of halogens is 3. The number of phenolic OH excluding ortho intramolecular Hbond substituents is 1. The lowest BCUT2D eigenvalue weighted by Gasteiger charge is -2.07. The number of tetrazole rings is 9. The van der Waals surface area contributed by atoms with Crippen molar-refractivity contribution in [3.05, 3.63) is 371 Å². The van der Waals surface area contributed by atoms with Crippen LogP contribution in [0.15, 0.2) is 322 Å². The Balaban J connectivity index is 0.000000124. The van der Waals surface area contributed by atoms with E-state index >= 15 is 0 Å². The number of hydrogen-bond acceptors (Lipinski definition) is 31. The van der Waals surface area contributed by atoms with Crippen LogP contribution in [0.2, 0.25) is 10.0 Å². The SMILES string of the molecule is C(=C\c1nn[nH]n1)/c1ccccc1.Cc1ccc(-c2ccccc2-c2nn[nH]n2)cc1.Clc1ccc(-c2nn[nH]n2)cc1.Clc1ccccc1-c1nn[nH]n1.Fc1ccccc1-c1nn[nH]n1.O=C(O)c1ccc(-c2ccccc2-c2nn[nH]n2)cc1.O=Cc1ccc(-c2ccccc2-c2nn[nH]n2)cc1.OCc1ccc(-c2ccccc2-c2nn[nH]n2)cc1.Oc1ccccc1-c1nn[nH]n1. The molecule has 0 aliphatic rings. The Morgan fingerprint density at radius 2 is 0.620 bits per heavy atom. The Kier molecular flexibility index (Phi) is 33.5. The summed E-state index contributed by atoms with van der Waals surface area (Å²) in [7, 11) is 0. The van der Waals surface area contributed by atoms with Crippen LogP contribution in [-0.4, -0.2) is 213 Å². The van der Waals surface area contributed by atoms with E-state index in [1.54, 1.807) is 103 Å². The molecular formula is C93H73Cl2FN36O5. The number of aromatic amines is 9. The normalized spacial score (nSPS) is 10.3. The van der Waals surface area contributed by atoms with Gasteiger partial charge >= 0.3 is 5.97 Å². The number of aromatic nitrogens is 36. The minimum Gasteiger partial charge on any atom is -0.507 e. The smallest absolute Gasteiger partial charge is 0.335 e. The van der Waals surface area contributed by atoms with E-state index in [1.807, 2.05) is 194 Å². The molecule has 0 amide bonds. The zero-order chi connectivity index (χ0) is 95.0. The van der Waals surface area contributed by atoms with Gasteiger partial charge < -0.3 is 15.3 Å². The number of nitrogens with one attached hydrogen (secondary N) is 9. The van der Waals surface area contributed by atoms with E-state index < -0.39 is 5.97 Å². The molecule has 0 atom stereocenters. The second-order valence-corrected chi connectivity index (χ2v) is 28.8. The molecule has 676 valence electrons. The lowest BCUT2D eigenvalue weighted by Crippen LogP contribution is -1.95. The fourth-order valence-electron chi connectivity index (χ4n) is 12.5. The second-order valence-electron chi connectivity index (χ2n) is 27.9. The Morgan fingerprint density at radius 3 is 0.993 bits per heavy atom. The van der Waals surface area contributed by atoms with Gasteiger partial charge in [-0.25, -0.2) is 9.18 Å². The lowest BCUT2D eigenvalue weighted by molar-refractivity contribution is 0.0696. The summed E-state index contributed by atoms with van der Waals surface area (Å²) in [4.78, 5) is 21.5. The average molecular weight is 1860 g/mol. The molecule has 137 heavy (non-hydrogen) atoms. The third kappa shape index (κ3) is 26.7. The standard InChI is InChI=1S/C14H10N4O2.C14H12N4O.C14H10N4O.C14H12N4.C9H8N4.2C7H5ClN4.C7H5FN4.C7H6N4O/c19-14(20)10-7-5-9(6-8-10)11-3-1-2-4-12(11)13-15-17-18-16-13;2*19-9-10-5-7-11(8-6-10)12-3-1-2-4-13(12)14-15-17-18-16-14;1-10-6-8-11(9-7-10)12-4-2-3-5-13(12)14-15-17-18-16-14;1-2-4-8(5-3-1)6-7-9-10-12-13-11-9;8-6-3-1-5(2-4-6)7-9-11-12-10-7;2*8-6-4-2-1-3-5(6)7-9-11-12-10-7;12-6-4-2-1-3-5(6)7-8-10-11-9-7/h1-8H,(H,19,20)(H,15,16,17,18);1-8,19H,9H2,(H,15,16,17,18);1-9H,(H,15,16,17,18);2-9H,1H3,(H,15,16,17,18);1-7H,(H,10,11,12,13);3*1-4H,(H,9,10,11,12);1-4,12H,(H,8,9,10,11)/b;;;;7-6+;;;;. The molecule has 0 unspecified atom stereocenters. The Bertz CT molecular complexity index is 7160. The van der Waals surface area contributed by atoms with Gasteiger partial charge in [0.2, 0.25) is 46.6 Å². The molecule has 0 aliphatic carbocycles. The number of rotatable bonds is 17. The third-order valence-corrected chi connectivity index (χ3v) is 19.7. The molecule has 0 bridgehead atoms. The second kappa shape index (κ2) is 48.9. The molecule has 41 nitrogen and oxygen atoms in total. The maximum absolute atomic E-state index is 13.0. The largest absolute Gasteiger partial charge is 0.507 e. The van der Waals surface area contributed by atoms with Crippen molar-refractivity contribution in [2.45, 2.75) is 13.5 Å². The van der Waals surface area contributed by atoms with E-state index in [2.05, 4.69) is 223 Å². The topological polar surface area (TPSA) is 585 Å². The van der Waals surface area contributed by atoms with Crippen LogP contribution < -0.4 is 0 Å². The van der Waals surface area contributed by atoms with Gasteiger partial charge in [0.15, 0.2) is 5.82 Å². The number of phenols is 1. The Labute approximate surface area is 784 Å². The van der Waals surface area contributed by atoms with E-state index in [1.165, 1.54) is 11.6 Å². The van der Waals surface area contributed by atoms with Gasteiger partial charge in [-0.05, 0) is 188 Å². The highest BCUT2D eigenvalue weighted by Gasteiger charge is 2.17. The van der Waals surface area contributed by atoms with Crippen molar-refractivity contribution in [1.29, 1.82) is 0 Å². The van der Waals surface area contributed by atoms with Gasteiger partial charge in [0, 0.05) is 44.0 Å².